The van der Waals surface area contributed by atoms with Crippen LogP contribution in [0.4, 0.5) is 0 Å². The molecule has 1 heterocycles. The Morgan fingerprint density at radius 3 is 2.43 bits per heavy atom. The van der Waals surface area contributed by atoms with Gasteiger partial charge in [-0.15, -0.1) is 0 Å². The summed E-state index contributed by atoms with van der Waals surface area (Å²) in [6.07, 6.45) is 4.47. The van der Waals surface area contributed by atoms with Crippen molar-refractivity contribution in [1.82, 2.24) is 4.90 Å². The molecular formula is C16H21NO4. The van der Waals surface area contributed by atoms with Crippen LogP contribution in [0.2, 0.25) is 0 Å². The van der Waals surface area contributed by atoms with Crippen molar-refractivity contribution < 1.29 is 19.4 Å². The largest absolute Gasteiger partial charge is 0.484 e. The second-order valence-electron chi connectivity index (χ2n) is 5.37. The normalized spacial score (nSPS) is 15.4. The van der Waals surface area contributed by atoms with Crippen LogP contribution in [0.15, 0.2) is 18.2 Å². The van der Waals surface area contributed by atoms with E-state index in [4.69, 9.17) is 9.84 Å². The van der Waals surface area contributed by atoms with Gasteiger partial charge in [0.2, 0.25) is 0 Å². The summed E-state index contributed by atoms with van der Waals surface area (Å²) in [5.41, 5.74) is 0.878. The Morgan fingerprint density at radius 2 is 1.86 bits per heavy atom. The summed E-state index contributed by atoms with van der Waals surface area (Å²) in [6, 6.07) is 4.74. The number of carbonyl (C=O) groups is 2. The first-order valence-electron chi connectivity index (χ1n) is 7.32. The van der Waals surface area contributed by atoms with Crippen LogP contribution in [0.3, 0.4) is 0 Å². The predicted molar refractivity (Wildman–Crippen MR) is 78.7 cm³/mol. The van der Waals surface area contributed by atoms with Crippen LogP contribution >= 0.6 is 0 Å². The van der Waals surface area contributed by atoms with Crippen LogP contribution in [0, 0.1) is 6.92 Å². The van der Waals surface area contributed by atoms with Crippen molar-refractivity contribution in [3.05, 3.63) is 29.3 Å². The van der Waals surface area contributed by atoms with Gasteiger partial charge in [-0.1, -0.05) is 12.8 Å². The van der Waals surface area contributed by atoms with Gasteiger partial charge in [-0.25, -0.2) is 4.79 Å². The fourth-order valence-electron chi connectivity index (χ4n) is 2.52. The molecule has 0 aromatic heterocycles. The standard InChI is InChI=1S/C16H21NO4/c1-12-10-13(6-7-14(12)16(19)20)21-11-15(18)17-8-4-2-3-5-9-17/h6-7,10H,2-5,8-9,11H2,1H3,(H,19,20). The van der Waals surface area contributed by atoms with Crippen LogP contribution in [-0.4, -0.2) is 41.6 Å². The van der Waals surface area contributed by atoms with Gasteiger partial charge in [0.25, 0.3) is 5.91 Å². The minimum absolute atomic E-state index is 0.00290. The molecule has 0 atom stereocenters. The number of hydrogen-bond acceptors (Lipinski definition) is 3. The molecule has 0 bridgehead atoms. The zero-order chi connectivity index (χ0) is 15.2. The molecule has 0 radical (unpaired) electrons. The number of carbonyl (C=O) groups excluding carboxylic acids is 1. The van der Waals surface area contributed by atoms with Crippen LogP contribution in [-0.2, 0) is 4.79 Å². The maximum absolute atomic E-state index is 12.1. The van der Waals surface area contributed by atoms with Gasteiger partial charge >= 0.3 is 5.97 Å². The Hall–Kier alpha value is -2.04. The second kappa shape index (κ2) is 7.11. The van der Waals surface area contributed by atoms with Crippen molar-refractivity contribution in [1.29, 1.82) is 0 Å². The third kappa shape index (κ3) is 4.21. The van der Waals surface area contributed by atoms with E-state index in [9.17, 15) is 9.59 Å². The zero-order valence-electron chi connectivity index (χ0n) is 12.3. The molecule has 5 heteroatoms. The minimum Gasteiger partial charge on any atom is -0.484 e. The Bertz CT molecular complexity index is 519. The van der Waals surface area contributed by atoms with E-state index >= 15 is 0 Å². The lowest BCUT2D eigenvalue weighted by Crippen LogP contribution is -2.35. The average Bonchev–Trinajstić information content (AvgIpc) is 2.73. The quantitative estimate of drug-likeness (QED) is 0.925. The fraction of sp³-hybridized carbons (Fsp3) is 0.500. The number of carboxylic acids is 1. The molecule has 1 fully saturated rings. The topological polar surface area (TPSA) is 66.8 Å². The number of carboxylic acid groups (broad SMARTS) is 1. The highest BCUT2D eigenvalue weighted by molar-refractivity contribution is 5.89. The molecule has 1 aliphatic heterocycles. The first-order chi connectivity index (χ1) is 10.1. The lowest BCUT2D eigenvalue weighted by molar-refractivity contribution is -0.133. The highest BCUT2D eigenvalue weighted by Gasteiger charge is 2.16. The number of rotatable bonds is 4. The Morgan fingerprint density at radius 1 is 1.19 bits per heavy atom. The highest BCUT2D eigenvalue weighted by atomic mass is 16.5. The molecular weight excluding hydrogens is 270 g/mol. The van der Waals surface area contributed by atoms with E-state index in [1.54, 1.807) is 19.1 Å². The van der Waals surface area contributed by atoms with E-state index in [1.807, 2.05) is 4.90 Å². The average molecular weight is 291 g/mol. The summed E-state index contributed by atoms with van der Waals surface area (Å²) in [5.74, 6) is -0.433. The summed E-state index contributed by atoms with van der Waals surface area (Å²) in [4.78, 5) is 24.9. The minimum atomic E-state index is -0.959. The smallest absolute Gasteiger partial charge is 0.335 e. The van der Waals surface area contributed by atoms with Crippen molar-refractivity contribution in [2.45, 2.75) is 32.6 Å². The van der Waals surface area contributed by atoms with E-state index in [1.165, 1.54) is 18.9 Å². The van der Waals surface area contributed by atoms with Gasteiger partial charge in [0, 0.05) is 13.1 Å². The third-order valence-corrected chi connectivity index (χ3v) is 3.75. The van der Waals surface area contributed by atoms with Crippen LogP contribution < -0.4 is 4.74 Å². The highest BCUT2D eigenvalue weighted by Crippen LogP contribution is 2.18. The summed E-state index contributed by atoms with van der Waals surface area (Å²) in [5, 5.41) is 8.97. The lowest BCUT2D eigenvalue weighted by Gasteiger charge is -2.20. The van der Waals surface area contributed by atoms with Crippen molar-refractivity contribution in [3.8, 4) is 5.75 Å². The number of ether oxygens (including phenoxy) is 1. The van der Waals surface area contributed by atoms with E-state index in [-0.39, 0.29) is 18.1 Å². The summed E-state index contributed by atoms with van der Waals surface area (Å²) >= 11 is 0. The van der Waals surface area contributed by atoms with Crippen molar-refractivity contribution >= 4 is 11.9 Å². The molecule has 1 N–H and O–H groups in total. The zero-order valence-corrected chi connectivity index (χ0v) is 12.3. The third-order valence-electron chi connectivity index (χ3n) is 3.75. The number of likely N-dealkylation sites (tertiary alicyclic amines) is 1. The summed E-state index contributed by atoms with van der Waals surface area (Å²) in [7, 11) is 0. The molecule has 114 valence electrons. The number of aromatic carboxylic acids is 1. The van der Waals surface area contributed by atoms with Crippen molar-refractivity contribution in [2.75, 3.05) is 19.7 Å². The molecule has 0 unspecified atom stereocenters. The molecule has 1 aromatic rings. The summed E-state index contributed by atoms with van der Waals surface area (Å²) < 4.78 is 5.49. The molecule has 2 rings (SSSR count). The summed E-state index contributed by atoms with van der Waals surface area (Å²) in [6.45, 7) is 3.33. The van der Waals surface area contributed by atoms with Crippen molar-refractivity contribution in [3.63, 3.8) is 0 Å². The first-order valence-corrected chi connectivity index (χ1v) is 7.32. The molecule has 0 saturated carbocycles. The van der Waals surface area contributed by atoms with Crippen LogP contribution in [0.1, 0.15) is 41.6 Å². The molecule has 1 amide bonds. The predicted octanol–water partition coefficient (Wildman–Crippen LogP) is 2.47. The molecule has 5 nitrogen and oxygen atoms in total. The van der Waals surface area contributed by atoms with Crippen molar-refractivity contribution in [2.24, 2.45) is 0 Å². The maximum Gasteiger partial charge on any atom is 0.335 e. The Kier molecular flexibility index (Phi) is 5.20. The Labute approximate surface area is 124 Å². The van der Waals surface area contributed by atoms with Gasteiger partial charge in [-0.3, -0.25) is 4.79 Å². The fourth-order valence-corrected chi connectivity index (χ4v) is 2.52. The molecule has 1 saturated heterocycles. The molecule has 1 aliphatic rings. The van der Waals surface area contributed by atoms with Crippen LogP contribution in [0.5, 0.6) is 5.75 Å². The Balaban J connectivity index is 1.91. The molecule has 0 aliphatic carbocycles. The first kappa shape index (κ1) is 15.4. The number of nitrogens with zero attached hydrogens (tertiary/aromatic N) is 1. The number of aryl methyl sites for hydroxylation is 1. The lowest BCUT2D eigenvalue weighted by atomic mass is 10.1. The van der Waals surface area contributed by atoms with Gasteiger partial charge in [-0.05, 0) is 43.5 Å². The number of benzene rings is 1. The molecule has 1 aromatic carbocycles. The molecule has 0 spiro atoms. The van der Waals surface area contributed by atoms with E-state index in [0.29, 0.717) is 11.3 Å². The number of amides is 1. The molecule has 21 heavy (non-hydrogen) atoms. The van der Waals surface area contributed by atoms with Gasteiger partial charge < -0.3 is 14.7 Å². The number of hydrogen-bond donors (Lipinski definition) is 1. The van der Waals surface area contributed by atoms with Gasteiger partial charge in [-0.2, -0.15) is 0 Å². The maximum atomic E-state index is 12.1. The van der Waals surface area contributed by atoms with Gasteiger partial charge in [0.05, 0.1) is 5.56 Å². The monoisotopic (exact) mass is 291 g/mol. The van der Waals surface area contributed by atoms with E-state index < -0.39 is 5.97 Å². The van der Waals surface area contributed by atoms with E-state index in [0.717, 1.165) is 25.9 Å². The second-order valence-corrected chi connectivity index (χ2v) is 5.37. The van der Waals surface area contributed by atoms with Crippen LogP contribution in [0.25, 0.3) is 0 Å². The SMILES string of the molecule is Cc1cc(OCC(=O)N2CCCCCC2)ccc1C(=O)O. The van der Waals surface area contributed by atoms with Gasteiger partial charge in [0.1, 0.15) is 5.75 Å². The van der Waals surface area contributed by atoms with Gasteiger partial charge in [0.15, 0.2) is 6.61 Å². The van der Waals surface area contributed by atoms with E-state index in [2.05, 4.69) is 0 Å².